The molecule has 0 atom stereocenters. The Morgan fingerprint density at radius 2 is 2.00 bits per heavy atom. The molecule has 0 bridgehead atoms. The van der Waals surface area contributed by atoms with Crippen LogP contribution in [0, 0.1) is 5.92 Å². The van der Waals surface area contributed by atoms with Gasteiger partial charge in [0.2, 0.25) is 0 Å². The largest absolute Gasteiger partial charge is 0.335 e. The Kier molecular flexibility index (Phi) is 3.57. The molecule has 0 aliphatic rings. The van der Waals surface area contributed by atoms with Gasteiger partial charge in [-0.25, -0.2) is 9.78 Å². The van der Waals surface area contributed by atoms with Gasteiger partial charge >= 0.3 is 5.69 Å². The van der Waals surface area contributed by atoms with Gasteiger partial charge < -0.3 is 10.7 Å². The molecule has 2 aromatic rings. The van der Waals surface area contributed by atoms with Gasteiger partial charge in [-0.05, 0) is 12.8 Å². The van der Waals surface area contributed by atoms with Gasteiger partial charge in [-0.2, -0.15) is 0 Å². The molecule has 0 saturated heterocycles. The molecular formula is C12H19N5O2. The summed E-state index contributed by atoms with van der Waals surface area (Å²) in [6.07, 6.45) is 0. The fourth-order valence-electron chi connectivity index (χ4n) is 2.12. The second-order valence-corrected chi connectivity index (χ2v) is 4.92. The van der Waals surface area contributed by atoms with E-state index in [-0.39, 0.29) is 23.7 Å². The molecule has 0 spiro atoms. The van der Waals surface area contributed by atoms with Gasteiger partial charge in [0.25, 0.3) is 5.56 Å². The van der Waals surface area contributed by atoms with Gasteiger partial charge in [0.1, 0.15) is 11.3 Å². The summed E-state index contributed by atoms with van der Waals surface area (Å²) in [4.78, 5) is 31.6. The van der Waals surface area contributed by atoms with Crippen LogP contribution in [0.4, 0.5) is 0 Å². The van der Waals surface area contributed by atoms with Crippen LogP contribution in [0.1, 0.15) is 26.6 Å². The molecule has 0 aromatic carbocycles. The molecule has 2 heterocycles. The Balaban J connectivity index is 2.87. The van der Waals surface area contributed by atoms with Crippen LogP contribution in [0.3, 0.4) is 0 Å². The second kappa shape index (κ2) is 5.00. The van der Waals surface area contributed by atoms with E-state index < -0.39 is 0 Å². The molecule has 0 unspecified atom stereocenters. The Morgan fingerprint density at radius 1 is 1.32 bits per heavy atom. The highest BCUT2D eigenvalue weighted by Gasteiger charge is 2.16. The van der Waals surface area contributed by atoms with Gasteiger partial charge in [-0.15, -0.1) is 0 Å². The minimum absolute atomic E-state index is 0.204. The van der Waals surface area contributed by atoms with E-state index in [0.29, 0.717) is 30.1 Å². The third-order valence-electron chi connectivity index (χ3n) is 2.97. The van der Waals surface area contributed by atoms with Crippen molar-refractivity contribution in [3.8, 4) is 0 Å². The zero-order chi connectivity index (χ0) is 14.2. The van der Waals surface area contributed by atoms with Crippen LogP contribution in [0.25, 0.3) is 11.2 Å². The molecule has 3 N–H and O–H groups in total. The first-order valence-electron chi connectivity index (χ1n) is 6.41. The van der Waals surface area contributed by atoms with Gasteiger partial charge in [-0.1, -0.05) is 13.8 Å². The lowest BCUT2D eigenvalue weighted by atomic mass is 10.2. The maximum atomic E-state index is 12.3. The molecule has 2 rings (SSSR count). The van der Waals surface area contributed by atoms with E-state index >= 15 is 0 Å². The minimum atomic E-state index is -0.338. The van der Waals surface area contributed by atoms with Crippen LogP contribution in [0.2, 0.25) is 0 Å². The number of rotatable bonds is 4. The van der Waals surface area contributed by atoms with Crippen LogP contribution in [-0.2, 0) is 19.6 Å². The summed E-state index contributed by atoms with van der Waals surface area (Å²) >= 11 is 0. The highest BCUT2D eigenvalue weighted by Crippen LogP contribution is 2.07. The minimum Gasteiger partial charge on any atom is -0.335 e. The number of nitrogens with two attached hydrogens (primary N) is 1. The van der Waals surface area contributed by atoms with Gasteiger partial charge in [0.05, 0.1) is 6.54 Å². The Morgan fingerprint density at radius 3 is 2.53 bits per heavy atom. The maximum Gasteiger partial charge on any atom is 0.332 e. The smallest absolute Gasteiger partial charge is 0.332 e. The highest BCUT2D eigenvalue weighted by atomic mass is 16.2. The number of hydrogen-bond donors (Lipinski definition) is 2. The molecule has 0 aliphatic heterocycles. The molecule has 0 saturated carbocycles. The average Bonchev–Trinajstić information content (AvgIpc) is 2.79. The second-order valence-electron chi connectivity index (χ2n) is 4.92. The third kappa shape index (κ3) is 2.21. The van der Waals surface area contributed by atoms with E-state index in [0.717, 1.165) is 0 Å². The number of imidazole rings is 1. The number of aromatic nitrogens is 4. The van der Waals surface area contributed by atoms with Crippen LogP contribution in [0.15, 0.2) is 9.59 Å². The van der Waals surface area contributed by atoms with E-state index in [9.17, 15) is 9.59 Å². The summed E-state index contributed by atoms with van der Waals surface area (Å²) in [6.45, 7) is 6.85. The van der Waals surface area contributed by atoms with E-state index in [4.69, 9.17) is 5.73 Å². The first-order chi connectivity index (χ1) is 8.99. The molecule has 7 heteroatoms. The Labute approximate surface area is 110 Å². The average molecular weight is 265 g/mol. The Hall–Kier alpha value is -1.89. The van der Waals surface area contributed by atoms with Crippen LogP contribution >= 0.6 is 0 Å². The number of nitrogens with zero attached hydrogens (tertiary/aromatic N) is 3. The lowest BCUT2D eigenvalue weighted by Gasteiger charge is -2.11. The predicted molar refractivity (Wildman–Crippen MR) is 73.0 cm³/mol. The fraction of sp³-hybridized carbons (Fsp3) is 0.583. The zero-order valence-corrected chi connectivity index (χ0v) is 11.4. The summed E-state index contributed by atoms with van der Waals surface area (Å²) in [5.41, 5.74) is 5.63. The van der Waals surface area contributed by atoms with Crippen LogP contribution in [0.5, 0.6) is 0 Å². The number of nitrogens with one attached hydrogen (secondary N) is 1. The normalized spacial score (nSPS) is 11.6. The van der Waals surface area contributed by atoms with E-state index in [2.05, 4.69) is 9.97 Å². The monoisotopic (exact) mass is 265 g/mol. The highest BCUT2D eigenvalue weighted by molar-refractivity contribution is 5.69. The molecule has 0 aliphatic carbocycles. The quantitative estimate of drug-likeness (QED) is 0.814. The zero-order valence-electron chi connectivity index (χ0n) is 11.4. The van der Waals surface area contributed by atoms with Crippen molar-refractivity contribution in [3.05, 3.63) is 26.7 Å². The van der Waals surface area contributed by atoms with Crippen molar-refractivity contribution in [1.29, 1.82) is 0 Å². The van der Waals surface area contributed by atoms with Crippen molar-refractivity contribution >= 4 is 11.2 Å². The van der Waals surface area contributed by atoms with E-state index in [1.54, 1.807) is 11.5 Å². The van der Waals surface area contributed by atoms with Crippen molar-refractivity contribution in [2.45, 2.75) is 40.4 Å². The van der Waals surface area contributed by atoms with Crippen molar-refractivity contribution in [1.82, 2.24) is 19.1 Å². The van der Waals surface area contributed by atoms with Crippen molar-refractivity contribution in [2.75, 3.05) is 0 Å². The van der Waals surface area contributed by atoms with E-state index in [1.165, 1.54) is 4.57 Å². The number of aromatic amines is 1. The molecule has 0 amide bonds. The number of fused-ring (bicyclic) bond motifs is 1. The summed E-state index contributed by atoms with van der Waals surface area (Å²) in [5.74, 6) is 0.791. The standard InChI is InChI=1S/C12H19N5O2/c1-4-16-11(18)9-10(15-8(5-13)14-9)17(12(16)19)6-7(2)3/h7H,4-6,13H2,1-3H3,(H,14,15). The molecule has 0 radical (unpaired) electrons. The van der Waals surface area contributed by atoms with Gasteiger partial charge in [-0.3, -0.25) is 13.9 Å². The molecule has 2 aromatic heterocycles. The van der Waals surface area contributed by atoms with Gasteiger partial charge in [0, 0.05) is 13.1 Å². The molecule has 104 valence electrons. The molecule has 0 fully saturated rings. The van der Waals surface area contributed by atoms with Crippen molar-refractivity contribution in [3.63, 3.8) is 0 Å². The lowest BCUT2D eigenvalue weighted by Crippen LogP contribution is -2.40. The first kappa shape index (κ1) is 13.5. The van der Waals surface area contributed by atoms with Crippen molar-refractivity contribution < 1.29 is 0 Å². The van der Waals surface area contributed by atoms with Crippen molar-refractivity contribution in [2.24, 2.45) is 11.7 Å². The number of H-pyrrole nitrogens is 1. The third-order valence-corrected chi connectivity index (χ3v) is 2.97. The summed E-state index contributed by atoms with van der Waals surface area (Å²) < 4.78 is 2.75. The molecule has 19 heavy (non-hydrogen) atoms. The Bertz CT molecular complexity index is 707. The summed E-state index contributed by atoms with van der Waals surface area (Å²) in [6, 6.07) is 0. The maximum absolute atomic E-state index is 12.3. The predicted octanol–water partition coefficient (Wildman–Crippen LogP) is 0.0209. The van der Waals surface area contributed by atoms with Crippen LogP contribution in [-0.4, -0.2) is 19.1 Å². The summed E-state index contributed by atoms with van der Waals surface area (Å²) in [7, 11) is 0. The molecular weight excluding hydrogens is 246 g/mol. The summed E-state index contributed by atoms with van der Waals surface area (Å²) in [5, 5.41) is 0. The lowest BCUT2D eigenvalue weighted by molar-refractivity contribution is 0.491. The number of hydrogen-bond acceptors (Lipinski definition) is 4. The van der Waals surface area contributed by atoms with Crippen LogP contribution < -0.4 is 17.0 Å². The first-order valence-corrected chi connectivity index (χ1v) is 6.41. The fourth-order valence-corrected chi connectivity index (χ4v) is 2.12. The van der Waals surface area contributed by atoms with E-state index in [1.807, 2.05) is 13.8 Å². The topological polar surface area (TPSA) is 98.7 Å². The molecule has 7 nitrogen and oxygen atoms in total. The van der Waals surface area contributed by atoms with Gasteiger partial charge in [0.15, 0.2) is 5.65 Å². The SMILES string of the molecule is CCn1c(=O)c2[nH]c(CN)nc2n(CC(C)C)c1=O.